The number of urea groups is 1. The Morgan fingerprint density at radius 3 is 2.64 bits per heavy atom. The van der Waals surface area contributed by atoms with Gasteiger partial charge in [-0.1, -0.05) is 31.2 Å². The van der Waals surface area contributed by atoms with Crippen molar-refractivity contribution in [2.75, 3.05) is 20.1 Å². The SMILES string of the molecule is CCC1SC(c2ccccc2C)N(CCN(C)C(=O)NC(C)C)C1=O. The van der Waals surface area contributed by atoms with Gasteiger partial charge in [-0.2, -0.15) is 0 Å². The Hall–Kier alpha value is -1.69. The maximum absolute atomic E-state index is 12.8. The second-order valence-electron chi connectivity index (χ2n) is 6.80. The summed E-state index contributed by atoms with van der Waals surface area (Å²) >= 11 is 1.72. The Kier molecular flexibility index (Phi) is 6.76. The van der Waals surface area contributed by atoms with Gasteiger partial charge in [0, 0.05) is 26.2 Å². The summed E-state index contributed by atoms with van der Waals surface area (Å²) in [7, 11) is 1.77. The Morgan fingerprint density at radius 2 is 2.04 bits per heavy atom. The van der Waals surface area contributed by atoms with E-state index >= 15 is 0 Å². The summed E-state index contributed by atoms with van der Waals surface area (Å²) in [6.45, 7) is 9.07. The van der Waals surface area contributed by atoms with E-state index in [9.17, 15) is 9.59 Å². The van der Waals surface area contributed by atoms with Crippen molar-refractivity contribution in [3.05, 3.63) is 35.4 Å². The Balaban J connectivity index is 2.11. The van der Waals surface area contributed by atoms with Gasteiger partial charge in [0.05, 0.1) is 5.25 Å². The van der Waals surface area contributed by atoms with E-state index in [-0.39, 0.29) is 28.6 Å². The average molecular weight is 364 g/mol. The molecule has 1 aliphatic rings. The molecule has 1 aliphatic heterocycles. The summed E-state index contributed by atoms with van der Waals surface area (Å²) in [5.74, 6) is 0.179. The predicted molar refractivity (Wildman–Crippen MR) is 104 cm³/mol. The lowest BCUT2D eigenvalue weighted by atomic mass is 10.1. The minimum absolute atomic E-state index is 0.000553. The molecule has 0 saturated carbocycles. The number of nitrogens with one attached hydrogen (secondary N) is 1. The molecule has 0 radical (unpaired) electrons. The lowest BCUT2D eigenvalue weighted by molar-refractivity contribution is -0.130. The molecule has 1 fully saturated rings. The lowest BCUT2D eigenvalue weighted by Crippen LogP contribution is -2.44. The summed E-state index contributed by atoms with van der Waals surface area (Å²) in [6, 6.07) is 8.22. The monoisotopic (exact) mass is 363 g/mol. The molecule has 2 atom stereocenters. The van der Waals surface area contributed by atoms with Crippen LogP contribution in [0.3, 0.4) is 0 Å². The second kappa shape index (κ2) is 8.61. The van der Waals surface area contributed by atoms with E-state index in [0.29, 0.717) is 13.1 Å². The maximum atomic E-state index is 12.8. The van der Waals surface area contributed by atoms with Crippen LogP contribution in [0, 0.1) is 6.92 Å². The molecule has 3 amide bonds. The molecule has 2 rings (SSSR count). The standard InChI is InChI=1S/C19H29N3O2S/c1-6-16-17(23)22(12-11-21(5)19(24)20-13(2)3)18(25-16)15-10-8-7-9-14(15)4/h7-10,13,16,18H,6,11-12H2,1-5H3,(H,20,24). The Labute approximate surface area is 155 Å². The van der Waals surface area contributed by atoms with Crippen molar-refractivity contribution in [1.82, 2.24) is 15.1 Å². The Bertz CT molecular complexity index is 620. The summed E-state index contributed by atoms with van der Waals surface area (Å²) in [5.41, 5.74) is 2.38. The highest BCUT2D eigenvalue weighted by atomic mass is 32.2. The molecule has 1 saturated heterocycles. The number of carbonyl (C=O) groups excluding carboxylic acids is 2. The predicted octanol–water partition coefficient (Wildman–Crippen LogP) is 3.40. The second-order valence-corrected chi connectivity index (χ2v) is 8.09. The van der Waals surface area contributed by atoms with Gasteiger partial charge in [-0.3, -0.25) is 4.79 Å². The van der Waals surface area contributed by atoms with E-state index < -0.39 is 0 Å². The first-order chi connectivity index (χ1) is 11.8. The zero-order valence-electron chi connectivity index (χ0n) is 15.8. The number of hydrogen-bond acceptors (Lipinski definition) is 3. The third-order valence-corrected chi connectivity index (χ3v) is 6.02. The number of benzene rings is 1. The third kappa shape index (κ3) is 4.69. The largest absolute Gasteiger partial charge is 0.336 e. The van der Waals surface area contributed by atoms with Gasteiger partial charge in [0.2, 0.25) is 5.91 Å². The van der Waals surface area contributed by atoms with E-state index in [1.54, 1.807) is 23.7 Å². The van der Waals surface area contributed by atoms with E-state index in [1.165, 1.54) is 11.1 Å². The van der Waals surface area contributed by atoms with Crippen molar-refractivity contribution in [3.63, 3.8) is 0 Å². The molecule has 138 valence electrons. The Morgan fingerprint density at radius 1 is 1.36 bits per heavy atom. The minimum Gasteiger partial charge on any atom is -0.336 e. The number of rotatable bonds is 6. The van der Waals surface area contributed by atoms with Crippen molar-refractivity contribution in [3.8, 4) is 0 Å². The van der Waals surface area contributed by atoms with Crippen molar-refractivity contribution in [2.45, 2.75) is 50.8 Å². The van der Waals surface area contributed by atoms with Crippen LogP contribution in [0.2, 0.25) is 0 Å². The maximum Gasteiger partial charge on any atom is 0.317 e. The zero-order valence-corrected chi connectivity index (χ0v) is 16.6. The molecule has 5 nitrogen and oxygen atoms in total. The quantitative estimate of drug-likeness (QED) is 0.843. The van der Waals surface area contributed by atoms with Gasteiger partial charge < -0.3 is 15.1 Å². The van der Waals surface area contributed by atoms with Crippen LogP contribution in [0.5, 0.6) is 0 Å². The number of amides is 3. The summed E-state index contributed by atoms with van der Waals surface area (Å²) in [4.78, 5) is 28.4. The first kappa shape index (κ1) is 19.6. The third-order valence-electron chi connectivity index (χ3n) is 4.40. The molecular weight excluding hydrogens is 334 g/mol. The van der Waals surface area contributed by atoms with Gasteiger partial charge in [0.25, 0.3) is 0 Å². The van der Waals surface area contributed by atoms with Gasteiger partial charge in [0.15, 0.2) is 0 Å². The molecule has 0 spiro atoms. The van der Waals surface area contributed by atoms with Crippen molar-refractivity contribution < 1.29 is 9.59 Å². The molecule has 25 heavy (non-hydrogen) atoms. The number of aryl methyl sites for hydroxylation is 1. The van der Waals surface area contributed by atoms with Gasteiger partial charge >= 0.3 is 6.03 Å². The van der Waals surface area contributed by atoms with Crippen LogP contribution >= 0.6 is 11.8 Å². The topological polar surface area (TPSA) is 52.6 Å². The normalized spacial score (nSPS) is 20.2. The van der Waals surface area contributed by atoms with Crippen molar-refractivity contribution in [2.24, 2.45) is 0 Å². The number of hydrogen-bond donors (Lipinski definition) is 1. The van der Waals surface area contributed by atoms with Crippen molar-refractivity contribution in [1.29, 1.82) is 0 Å². The van der Waals surface area contributed by atoms with Crippen LogP contribution in [0.1, 0.15) is 43.7 Å². The number of carbonyl (C=O) groups is 2. The van der Waals surface area contributed by atoms with Gasteiger partial charge in [-0.25, -0.2) is 4.79 Å². The summed E-state index contributed by atoms with van der Waals surface area (Å²) in [6.07, 6.45) is 0.825. The molecule has 0 aliphatic carbocycles. The molecule has 2 unspecified atom stereocenters. The fraction of sp³-hybridized carbons (Fsp3) is 0.579. The molecule has 1 heterocycles. The number of thioether (sulfide) groups is 1. The van der Waals surface area contributed by atoms with Crippen molar-refractivity contribution >= 4 is 23.7 Å². The fourth-order valence-electron chi connectivity index (χ4n) is 2.91. The lowest BCUT2D eigenvalue weighted by Gasteiger charge is -2.28. The van der Waals surface area contributed by atoms with E-state index in [0.717, 1.165) is 6.42 Å². The molecule has 6 heteroatoms. The summed E-state index contributed by atoms with van der Waals surface area (Å²) < 4.78 is 0. The molecule has 1 N–H and O–H groups in total. The zero-order chi connectivity index (χ0) is 18.6. The highest BCUT2D eigenvalue weighted by molar-refractivity contribution is 8.01. The molecular formula is C19H29N3O2S. The van der Waals surface area contributed by atoms with Crippen LogP contribution in [-0.2, 0) is 4.79 Å². The van der Waals surface area contributed by atoms with Gasteiger partial charge in [0.1, 0.15) is 5.37 Å². The number of nitrogens with zero attached hydrogens (tertiary/aromatic N) is 2. The van der Waals surface area contributed by atoms with Gasteiger partial charge in [-0.05, 0) is 38.3 Å². The highest BCUT2D eigenvalue weighted by Crippen LogP contribution is 2.44. The summed E-state index contributed by atoms with van der Waals surface area (Å²) in [5, 5.41) is 2.91. The molecule has 1 aromatic carbocycles. The molecule has 0 bridgehead atoms. The van der Waals surface area contributed by atoms with Crippen LogP contribution in [0.15, 0.2) is 24.3 Å². The van der Waals surface area contributed by atoms with E-state index in [4.69, 9.17) is 0 Å². The number of likely N-dealkylation sites (N-methyl/N-ethyl adjacent to an activating group) is 1. The van der Waals surface area contributed by atoms with Gasteiger partial charge in [-0.15, -0.1) is 11.8 Å². The molecule has 0 aromatic heterocycles. The minimum atomic E-state index is -0.103. The van der Waals surface area contributed by atoms with E-state index in [1.807, 2.05) is 30.9 Å². The van der Waals surface area contributed by atoms with Crippen LogP contribution in [-0.4, -0.2) is 53.2 Å². The van der Waals surface area contributed by atoms with Crippen LogP contribution in [0.25, 0.3) is 0 Å². The smallest absolute Gasteiger partial charge is 0.317 e. The first-order valence-electron chi connectivity index (χ1n) is 8.88. The first-order valence-corrected chi connectivity index (χ1v) is 9.82. The van der Waals surface area contributed by atoms with E-state index in [2.05, 4.69) is 31.3 Å². The average Bonchev–Trinajstić information content (AvgIpc) is 2.88. The molecule has 1 aromatic rings. The fourth-order valence-corrected chi connectivity index (χ4v) is 4.43. The highest BCUT2D eigenvalue weighted by Gasteiger charge is 2.40. The van der Waals surface area contributed by atoms with Crippen LogP contribution < -0.4 is 5.32 Å². The van der Waals surface area contributed by atoms with Crippen LogP contribution in [0.4, 0.5) is 4.79 Å².